The van der Waals surface area contributed by atoms with Crippen LogP contribution in [-0.2, 0) is 11.3 Å². The fraction of sp³-hybridized carbons (Fsp3) is 0.769. The number of nitrogens with zero attached hydrogens (tertiary/aromatic N) is 4. The predicted molar refractivity (Wildman–Crippen MR) is 67.7 cm³/mol. The van der Waals surface area contributed by atoms with Gasteiger partial charge in [-0.25, -0.2) is 9.67 Å². The predicted octanol–water partition coefficient (Wildman–Crippen LogP) is 2.05. The van der Waals surface area contributed by atoms with Gasteiger partial charge in [0, 0.05) is 18.9 Å². The lowest BCUT2D eigenvalue weighted by atomic mass is 10.3. The van der Waals surface area contributed by atoms with Gasteiger partial charge in [0.05, 0.1) is 0 Å². The topological polar surface area (TPSA) is 51.0 Å². The van der Waals surface area contributed by atoms with Crippen LogP contribution < -0.4 is 0 Å². The number of aromatic nitrogens is 3. The maximum absolute atomic E-state index is 12.3. The molecule has 1 amide bonds. The average Bonchev–Trinajstić information content (AvgIpc) is 3.26. The van der Waals surface area contributed by atoms with E-state index in [4.69, 9.17) is 0 Å². The summed E-state index contributed by atoms with van der Waals surface area (Å²) in [6.07, 6.45) is -0.262. The number of rotatable bonds is 5. The molecule has 2 saturated carbocycles. The van der Waals surface area contributed by atoms with Gasteiger partial charge in [0.1, 0.15) is 18.9 Å². The molecule has 1 aromatic rings. The Morgan fingerprint density at radius 2 is 1.90 bits per heavy atom. The van der Waals surface area contributed by atoms with E-state index in [9.17, 15) is 18.0 Å². The number of halogens is 3. The fourth-order valence-electron chi connectivity index (χ4n) is 2.25. The van der Waals surface area contributed by atoms with Crippen LogP contribution in [0.4, 0.5) is 13.2 Å². The lowest BCUT2D eigenvalue weighted by Gasteiger charge is -2.19. The minimum absolute atomic E-state index is 0.169. The van der Waals surface area contributed by atoms with Gasteiger partial charge in [-0.1, -0.05) is 0 Å². The molecule has 0 radical (unpaired) electrons. The van der Waals surface area contributed by atoms with Gasteiger partial charge < -0.3 is 4.90 Å². The first kappa shape index (κ1) is 14.3. The van der Waals surface area contributed by atoms with E-state index in [1.165, 1.54) is 4.68 Å². The van der Waals surface area contributed by atoms with Gasteiger partial charge in [-0.15, -0.1) is 0 Å². The first-order valence-electron chi connectivity index (χ1n) is 7.09. The largest absolute Gasteiger partial charge is 0.406 e. The van der Waals surface area contributed by atoms with E-state index >= 15 is 0 Å². The second-order valence-electron chi connectivity index (χ2n) is 5.90. The molecule has 2 aliphatic rings. The molecule has 0 spiro atoms. The Bertz CT molecular complexity index is 546. The van der Waals surface area contributed by atoms with Crippen LogP contribution >= 0.6 is 0 Å². The normalized spacial score (nSPS) is 18.9. The zero-order chi connectivity index (χ0) is 15.2. The van der Waals surface area contributed by atoms with E-state index < -0.39 is 18.6 Å². The Labute approximate surface area is 120 Å². The maximum Gasteiger partial charge on any atom is 0.406 e. The number of carbonyl (C=O) groups is 1. The van der Waals surface area contributed by atoms with Crippen molar-refractivity contribution in [1.82, 2.24) is 19.7 Å². The van der Waals surface area contributed by atoms with Crippen molar-refractivity contribution < 1.29 is 18.0 Å². The van der Waals surface area contributed by atoms with Crippen LogP contribution in [0.25, 0.3) is 0 Å². The van der Waals surface area contributed by atoms with Gasteiger partial charge in [-0.2, -0.15) is 18.3 Å². The number of amides is 1. The van der Waals surface area contributed by atoms with E-state index in [-0.39, 0.29) is 6.54 Å². The summed E-state index contributed by atoms with van der Waals surface area (Å²) in [7, 11) is 1.16. The van der Waals surface area contributed by atoms with Gasteiger partial charge in [0.25, 0.3) is 0 Å². The monoisotopic (exact) mass is 302 g/mol. The van der Waals surface area contributed by atoms with Crippen molar-refractivity contribution in [1.29, 1.82) is 0 Å². The summed E-state index contributed by atoms with van der Waals surface area (Å²) in [5.41, 5.74) is 0. The summed E-state index contributed by atoms with van der Waals surface area (Å²) in [6.45, 7) is -1.41. The number of alkyl halides is 3. The summed E-state index contributed by atoms with van der Waals surface area (Å²) in [5.74, 6) is 1.58. The van der Waals surface area contributed by atoms with E-state index in [1.807, 2.05) is 0 Å². The quantitative estimate of drug-likeness (QED) is 0.836. The van der Waals surface area contributed by atoms with Gasteiger partial charge >= 0.3 is 6.18 Å². The maximum atomic E-state index is 12.3. The zero-order valence-corrected chi connectivity index (χ0v) is 11.7. The molecule has 21 heavy (non-hydrogen) atoms. The second-order valence-corrected chi connectivity index (χ2v) is 5.90. The van der Waals surface area contributed by atoms with Crippen LogP contribution in [0.2, 0.25) is 0 Å². The van der Waals surface area contributed by atoms with Gasteiger partial charge in [-0.3, -0.25) is 4.79 Å². The van der Waals surface area contributed by atoms with Crippen LogP contribution in [0, 0.1) is 0 Å². The van der Waals surface area contributed by atoms with Gasteiger partial charge in [0.2, 0.25) is 5.91 Å². The Hall–Kier alpha value is -1.60. The van der Waals surface area contributed by atoms with E-state index in [1.54, 1.807) is 0 Å². The molecule has 3 rings (SSSR count). The first-order chi connectivity index (χ1) is 9.83. The standard InChI is InChI=1S/C13H17F3N4O/c1-19(7-13(14,15)16)10(21)6-20-12(9-4-5-9)17-11(18-20)8-2-3-8/h8-9H,2-7H2,1H3. The Balaban J connectivity index is 1.70. The van der Waals surface area contributed by atoms with E-state index in [0.717, 1.165) is 44.4 Å². The Morgan fingerprint density at radius 1 is 1.29 bits per heavy atom. The van der Waals surface area contributed by atoms with Crippen LogP contribution in [0.1, 0.15) is 49.2 Å². The molecule has 116 valence electrons. The number of hydrogen-bond donors (Lipinski definition) is 0. The molecule has 0 atom stereocenters. The van der Waals surface area contributed by atoms with Crippen LogP contribution in [-0.4, -0.2) is 45.3 Å². The van der Waals surface area contributed by atoms with Crippen molar-refractivity contribution in [3.8, 4) is 0 Å². The highest BCUT2D eigenvalue weighted by molar-refractivity contribution is 5.75. The van der Waals surface area contributed by atoms with Crippen molar-refractivity contribution >= 4 is 5.91 Å². The van der Waals surface area contributed by atoms with Gasteiger partial charge in [-0.05, 0) is 25.7 Å². The smallest absolute Gasteiger partial charge is 0.335 e. The van der Waals surface area contributed by atoms with E-state index in [2.05, 4.69) is 10.1 Å². The molecule has 5 nitrogen and oxygen atoms in total. The number of carbonyl (C=O) groups excluding carboxylic acids is 1. The molecular weight excluding hydrogens is 285 g/mol. The molecule has 1 heterocycles. The molecule has 0 unspecified atom stereocenters. The Kier molecular flexibility index (Phi) is 3.41. The van der Waals surface area contributed by atoms with Crippen molar-refractivity contribution in [3.63, 3.8) is 0 Å². The SMILES string of the molecule is CN(CC(F)(F)F)C(=O)Cn1nc(C2CC2)nc1C1CC1. The van der Waals surface area contributed by atoms with Crippen LogP contribution in [0.3, 0.4) is 0 Å². The van der Waals surface area contributed by atoms with Gasteiger partial charge in [0.15, 0.2) is 5.82 Å². The number of likely N-dealkylation sites (N-methyl/N-ethyl adjacent to an activating group) is 1. The molecule has 0 saturated heterocycles. The first-order valence-corrected chi connectivity index (χ1v) is 7.09. The fourth-order valence-corrected chi connectivity index (χ4v) is 2.25. The van der Waals surface area contributed by atoms with Crippen LogP contribution in [0.15, 0.2) is 0 Å². The molecular formula is C13H17F3N4O. The molecule has 0 aromatic carbocycles. The van der Waals surface area contributed by atoms with Crippen molar-refractivity contribution in [2.24, 2.45) is 0 Å². The highest BCUT2D eigenvalue weighted by atomic mass is 19.4. The average molecular weight is 302 g/mol. The van der Waals surface area contributed by atoms with Crippen molar-refractivity contribution in [2.45, 2.75) is 50.2 Å². The molecule has 2 fully saturated rings. The third-order valence-corrected chi connectivity index (χ3v) is 3.73. The zero-order valence-electron chi connectivity index (χ0n) is 11.7. The van der Waals surface area contributed by atoms with Crippen molar-refractivity contribution in [3.05, 3.63) is 11.6 Å². The minimum atomic E-state index is -4.38. The summed E-state index contributed by atoms with van der Waals surface area (Å²) in [4.78, 5) is 17.1. The molecule has 0 N–H and O–H groups in total. The third kappa shape index (κ3) is 3.54. The van der Waals surface area contributed by atoms with E-state index in [0.29, 0.717) is 16.7 Å². The summed E-state index contributed by atoms with van der Waals surface area (Å²) in [5, 5.41) is 4.33. The second kappa shape index (κ2) is 4.99. The molecule has 2 aliphatic carbocycles. The van der Waals surface area contributed by atoms with Crippen LogP contribution in [0.5, 0.6) is 0 Å². The highest BCUT2D eigenvalue weighted by Gasteiger charge is 2.35. The lowest BCUT2D eigenvalue weighted by Crippen LogP contribution is -2.38. The molecule has 8 heteroatoms. The molecule has 0 aliphatic heterocycles. The summed E-state index contributed by atoms with van der Waals surface area (Å²) in [6, 6.07) is 0. The minimum Gasteiger partial charge on any atom is -0.335 e. The van der Waals surface area contributed by atoms with Crippen molar-refractivity contribution in [2.75, 3.05) is 13.6 Å². The third-order valence-electron chi connectivity index (χ3n) is 3.73. The summed E-state index contributed by atoms with van der Waals surface area (Å²) >= 11 is 0. The Morgan fingerprint density at radius 3 is 2.43 bits per heavy atom. The highest BCUT2D eigenvalue weighted by Crippen LogP contribution is 2.42. The molecule has 0 bridgehead atoms. The summed E-state index contributed by atoms with van der Waals surface area (Å²) < 4.78 is 38.4. The lowest BCUT2D eigenvalue weighted by molar-refractivity contribution is -0.158. The number of hydrogen-bond acceptors (Lipinski definition) is 3. The molecule has 1 aromatic heterocycles.